The van der Waals surface area contributed by atoms with E-state index in [0.29, 0.717) is 23.2 Å². The zero-order valence-corrected chi connectivity index (χ0v) is 38.2. The summed E-state index contributed by atoms with van der Waals surface area (Å²) in [6.07, 6.45) is 1.86. The molecule has 1 N–H and O–H groups in total. The quantitative estimate of drug-likeness (QED) is 0.166. The average Bonchev–Trinajstić information content (AvgIpc) is 3.87. The van der Waals surface area contributed by atoms with Crippen LogP contribution in [0.4, 0.5) is 0 Å². The third-order valence-corrected chi connectivity index (χ3v) is 12.4. The molecule has 0 saturated carbocycles. The lowest BCUT2D eigenvalue weighted by molar-refractivity contribution is 0.446. The van der Waals surface area contributed by atoms with Gasteiger partial charge in [0, 0.05) is 33.2 Å². The van der Waals surface area contributed by atoms with Crippen molar-refractivity contribution in [1.82, 2.24) is 14.5 Å². The zero-order chi connectivity index (χ0) is 44.4. The summed E-state index contributed by atoms with van der Waals surface area (Å²) in [5.41, 5.74) is 15.6. The largest absolute Gasteiger partial charge is 0.507 e. The number of aromatic hydroxyl groups is 1. The second-order valence-corrected chi connectivity index (χ2v) is 19.7. The first kappa shape index (κ1) is 41.6. The van der Waals surface area contributed by atoms with Crippen molar-refractivity contribution in [2.45, 2.75) is 91.9 Å². The van der Waals surface area contributed by atoms with Crippen LogP contribution in [0, 0.1) is 0 Å². The standard InChI is InChI=1S/C58H57N3O2/c1-35(2)42-24-17-25-43(36(3)4)53(42)51-31-40-30-48(59-34-52(40)63-51)39-22-16-21-38(29-39)45-26-18-28-50-54(45)60-56(46-32-41(57(5,6)7)33-47(55(46)62)58(8,9)10)61(50)49-27-15-14-23-44(49)37-19-12-11-13-20-37/h11-36,62H,1-10H3. The van der Waals surface area contributed by atoms with Crippen LogP contribution in [0.15, 0.2) is 150 Å². The second kappa shape index (κ2) is 15.9. The fourth-order valence-corrected chi connectivity index (χ4v) is 9.01. The lowest BCUT2D eigenvalue weighted by Gasteiger charge is -2.27. The van der Waals surface area contributed by atoms with E-state index >= 15 is 0 Å². The Morgan fingerprint density at radius 2 is 1.22 bits per heavy atom. The summed E-state index contributed by atoms with van der Waals surface area (Å²) in [6, 6.07) is 49.2. The third kappa shape index (κ3) is 7.64. The summed E-state index contributed by atoms with van der Waals surface area (Å²) < 4.78 is 8.80. The van der Waals surface area contributed by atoms with E-state index in [0.717, 1.165) is 78.1 Å². The number of phenols is 1. The van der Waals surface area contributed by atoms with E-state index in [9.17, 15) is 5.11 Å². The molecule has 5 nitrogen and oxygen atoms in total. The summed E-state index contributed by atoms with van der Waals surface area (Å²) in [5, 5.41) is 13.4. The number of rotatable bonds is 8. The molecule has 5 heteroatoms. The molecule has 0 bridgehead atoms. The van der Waals surface area contributed by atoms with Crippen LogP contribution < -0.4 is 0 Å². The fraction of sp³-hybridized carbons (Fsp3) is 0.241. The second-order valence-electron chi connectivity index (χ2n) is 19.7. The van der Waals surface area contributed by atoms with Crippen molar-refractivity contribution < 1.29 is 9.52 Å². The molecule has 0 saturated heterocycles. The van der Waals surface area contributed by atoms with Gasteiger partial charge in [-0.3, -0.25) is 9.55 Å². The van der Waals surface area contributed by atoms with E-state index < -0.39 is 0 Å². The number of hydrogen-bond donors (Lipinski definition) is 1. The highest BCUT2D eigenvalue weighted by molar-refractivity contribution is 5.98. The van der Waals surface area contributed by atoms with Gasteiger partial charge in [0.15, 0.2) is 5.58 Å². The van der Waals surface area contributed by atoms with E-state index in [2.05, 4.69) is 207 Å². The Morgan fingerprint density at radius 1 is 0.587 bits per heavy atom. The van der Waals surface area contributed by atoms with Gasteiger partial charge in [-0.1, -0.05) is 172 Å². The maximum atomic E-state index is 12.3. The Balaban J connectivity index is 1.23. The zero-order valence-electron chi connectivity index (χ0n) is 38.2. The van der Waals surface area contributed by atoms with Crippen LogP contribution in [0.1, 0.15) is 103 Å². The molecule has 0 aliphatic heterocycles. The smallest absolute Gasteiger partial charge is 0.153 e. The first-order valence-corrected chi connectivity index (χ1v) is 22.3. The minimum atomic E-state index is -0.310. The van der Waals surface area contributed by atoms with E-state index in [-0.39, 0.29) is 16.6 Å². The molecule has 0 fully saturated rings. The number of fused-ring (bicyclic) bond motifs is 2. The molecule has 3 heterocycles. The number of nitrogens with zero attached hydrogens (tertiary/aromatic N) is 3. The number of furan rings is 1. The Hall–Kier alpha value is -6.72. The normalized spacial score (nSPS) is 12.3. The van der Waals surface area contributed by atoms with Gasteiger partial charge in [0.05, 0.1) is 34.2 Å². The monoisotopic (exact) mass is 827 g/mol. The maximum absolute atomic E-state index is 12.3. The van der Waals surface area contributed by atoms with Crippen molar-refractivity contribution in [3.63, 3.8) is 0 Å². The molecule has 0 radical (unpaired) electrons. The summed E-state index contributed by atoms with van der Waals surface area (Å²) in [5.74, 6) is 2.54. The molecule has 316 valence electrons. The van der Waals surface area contributed by atoms with Gasteiger partial charge in [-0.2, -0.15) is 0 Å². The highest BCUT2D eigenvalue weighted by Crippen LogP contribution is 2.46. The van der Waals surface area contributed by atoms with E-state index in [1.54, 1.807) is 0 Å². The van der Waals surface area contributed by atoms with Gasteiger partial charge in [0.1, 0.15) is 17.3 Å². The van der Waals surface area contributed by atoms with Gasteiger partial charge in [0.2, 0.25) is 0 Å². The van der Waals surface area contributed by atoms with Crippen molar-refractivity contribution in [3.8, 4) is 67.7 Å². The van der Waals surface area contributed by atoms with E-state index in [1.165, 1.54) is 16.7 Å². The van der Waals surface area contributed by atoms with Crippen LogP contribution >= 0.6 is 0 Å². The Morgan fingerprint density at radius 3 is 1.92 bits per heavy atom. The highest BCUT2D eigenvalue weighted by atomic mass is 16.3. The van der Waals surface area contributed by atoms with Gasteiger partial charge in [-0.25, -0.2) is 4.98 Å². The number of hydrogen-bond acceptors (Lipinski definition) is 4. The molecule has 6 aromatic carbocycles. The number of aromatic nitrogens is 3. The van der Waals surface area contributed by atoms with Crippen molar-refractivity contribution in [1.29, 1.82) is 0 Å². The lowest BCUT2D eigenvalue weighted by atomic mass is 9.79. The first-order valence-electron chi connectivity index (χ1n) is 22.3. The minimum absolute atomic E-state index is 0.169. The minimum Gasteiger partial charge on any atom is -0.507 e. The number of imidazole rings is 1. The lowest BCUT2D eigenvalue weighted by Crippen LogP contribution is -2.17. The van der Waals surface area contributed by atoms with Gasteiger partial charge < -0.3 is 9.52 Å². The molecule has 63 heavy (non-hydrogen) atoms. The molecule has 3 aromatic heterocycles. The predicted molar refractivity (Wildman–Crippen MR) is 263 cm³/mol. The van der Waals surface area contributed by atoms with Crippen LogP contribution in [0.25, 0.3) is 83.9 Å². The Labute approximate surface area is 372 Å². The van der Waals surface area contributed by atoms with Crippen molar-refractivity contribution in [2.75, 3.05) is 0 Å². The SMILES string of the molecule is CC(C)c1cccc(C(C)C)c1-c1cc2cc(-c3cccc(-c4cccc5c4nc(-c4cc(C(C)(C)C)cc(C(C)(C)C)c4O)n5-c4ccccc4-c4ccccc4)c3)ncc2o1. The van der Waals surface area contributed by atoms with Crippen LogP contribution in [0.5, 0.6) is 5.75 Å². The third-order valence-electron chi connectivity index (χ3n) is 12.4. The maximum Gasteiger partial charge on any atom is 0.153 e. The van der Waals surface area contributed by atoms with E-state index in [4.69, 9.17) is 14.4 Å². The van der Waals surface area contributed by atoms with Gasteiger partial charge in [-0.05, 0) is 86.9 Å². The van der Waals surface area contributed by atoms with Gasteiger partial charge in [-0.15, -0.1) is 0 Å². The molecule has 0 spiro atoms. The van der Waals surface area contributed by atoms with Gasteiger partial charge in [0.25, 0.3) is 0 Å². The van der Waals surface area contributed by atoms with Crippen molar-refractivity contribution in [3.05, 3.63) is 168 Å². The Kier molecular flexibility index (Phi) is 10.5. The summed E-state index contributed by atoms with van der Waals surface area (Å²) in [6.45, 7) is 22.1. The van der Waals surface area contributed by atoms with Crippen LogP contribution in [0.3, 0.4) is 0 Å². The fourth-order valence-electron chi connectivity index (χ4n) is 9.01. The summed E-state index contributed by atoms with van der Waals surface area (Å²) in [7, 11) is 0. The molecule has 0 atom stereocenters. The molecule has 9 aromatic rings. The first-order chi connectivity index (χ1) is 30.1. The van der Waals surface area contributed by atoms with Gasteiger partial charge >= 0.3 is 0 Å². The molecule has 9 rings (SSSR count). The van der Waals surface area contributed by atoms with Crippen LogP contribution in [0.2, 0.25) is 0 Å². The van der Waals surface area contributed by atoms with E-state index in [1.807, 2.05) is 12.3 Å². The number of phenolic OH excluding ortho intramolecular Hbond substituents is 1. The molecular formula is C58H57N3O2. The molecule has 0 aliphatic carbocycles. The predicted octanol–water partition coefficient (Wildman–Crippen LogP) is 16.0. The number of para-hydroxylation sites is 2. The van der Waals surface area contributed by atoms with Crippen molar-refractivity contribution >= 4 is 22.0 Å². The Bertz CT molecular complexity index is 3120. The average molecular weight is 828 g/mol. The number of benzene rings is 6. The van der Waals surface area contributed by atoms with Crippen molar-refractivity contribution in [2.24, 2.45) is 0 Å². The molecule has 0 amide bonds. The molecule has 0 aliphatic rings. The molecular weight excluding hydrogens is 771 g/mol. The van der Waals surface area contributed by atoms with Crippen LogP contribution in [-0.4, -0.2) is 19.6 Å². The topological polar surface area (TPSA) is 64.1 Å². The number of pyridine rings is 1. The molecule has 0 unspecified atom stereocenters. The highest BCUT2D eigenvalue weighted by Gasteiger charge is 2.29. The summed E-state index contributed by atoms with van der Waals surface area (Å²) >= 11 is 0. The summed E-state index contributed by atoms with van der Waals surface area (Å²) in [4.78, 5) is 10.5. The van der Waals surface area contributed by atoms with Crippen LogP contribution in [-0.2, 0) is 10.8 Å².